The molecule has 0 N–H and O–H groups in total. The van der Waals surface area contributed by atoms with Crippen molar-refractivity contribution in [3.05, 3.63) is 157 Å². The maximum atomic E-state index is 4.93. The van der Waals surface area contributed by atoms with Crippen LogP contribution in [-0.4, -0.2) is 11.5 Å². The van der Waals surface area contributed by atoms with Crippen molar-refractivity contribution in [2.45, 2.75) is 13.8 Å². The maximum Gasteiger partial charge on any atom is 2.00 e. The minimum absolute atomic E-state index is 0. The first-order valence-electron chi connectivity index (χ1n) is 14.5. The van der Waals surface area contributed by atoms with Crippen LogP contribution in [-0.2, 0) is 46.3 Å². The summed E-state index contributed by atoms with van der Waals surface area (Å²) in [4.78, 5) is 2.85. The van der Waals surface area contributed by atoms with Crippen molar-refractivity contribution in [3.8, 4) is 0 Å². The molecule has 0 atom stereocenters. The van der Waals surface area contributed by atoms with Gasteiger partial charge >= 0.3 is 21.1 Å². The molecule has 0 aromatic heterocycles. The Morgan fingerprint density at radius 2 is 0.723 bits per heavy atom. The third-order valence-corrected chi connectivity index (χ3v) is 22.5. The summed E-state index contributed by atoms with van der Waals surface area (Å²) in [7, 11) is -1.39. The molecule has 3 aliphatic heterocycles. The number of allylic oxidation sites excluding steroid dienone is 2. The maximum absolute atomic E-state index is 4.93. The van der Waals surface area contributed by atoms with E-state index in [-0.39, 0.29) is 21.1 Å². The van der Waals surface area contributed by atoms with Crippen molar-refractivity contribution in [1.29, 1.82) is 0 Å². The second-order valence-corrected chi connectivity index (χ2v) is 23.4. The Bertz CT molecular complexity index is 1570. The smallest absolute Gasteiger partial charge is 0.774 e. The molecular weight excluding hydrogens is 946 g/mol. The zero-order valence-corrected chi connectivity index (χ0v) is 36.0. The van der Waals surface area contributed by atoms with Gasteiger partial charge in [0.1, 0.15) is 0 Å². The van der Waals surface area contributed by atoms with E-state index >= 15 is 0 Å². The molecule has 0 spiro atoms. The molecule has 3 heterocycles. The average Bonchev–Trinajstić information content (AvgIpc) is 3.67. The van der Waals surface area contributed by atoms with Crippen molar-refractivity contribution >= 4 is 133 Å². The number of thioether (sulfide) groups is 6. The summed E-state index contributed by atoms with van der Waals surface area (Å²) in [6.07, 6.45) is 0. The summed E-state index contributed by atoms with van der Waals surface area (Å²) in [5.41, 5.74) is 0. The van der Waals surface area contributed by atoms with Gasteiger partial charge in [0.25, 0.3) is 0 Å². The number of hydrogen-bond acceptors (Lipinski definition) is 8. The van der Waals surface area contributed by atoms with Crippen LogP contribution in [0.25, 0.3) is 0 Å². The second-order valence-electron chi connectivity index (χ2n) is 9.99. The first kappa shape index (κ1) is 38.2. The zero-order valence-electron chi connectivity index (χ0n) is 25.4. The van der Waals surface area contributed by atoms with Crippen LogP contribution in [0.4, 0.5) is 0 Å². The Kier molecular flexibility index (Phi) is 15.4. The van der Waals surface area contributed by atoms with E-state index in [4.69, 9.17) is 25.3 Å². The van der Waals surface area contributed by atoms with Gasteiger partial charge in [-0.1, -0.05) is 168 Å². The summed E-state index contributed by atoms with van der Waals surface area (Å²) >= 11 is 21.2. The van der Waals surface area contributed by atoms with Crippen molar-refractivity contribution in [2.24, 2.45) is 0 Å². The molecule has 3 aliphatic rings. The van der Waals surface area contributed by atoms with Crippen molar-refractivity contribution in [3.63, 3.8) is 0 Å². The second kappa shape index (κ2) is 19.0. The van der Waals surface area contributed by atoms with Gasteiger partial charge in [0.15, 0.2) is 0 Å². The Hall–Kier alpha value is -0.0717. The van der Waals surface area contributed by atoms with Gasteiger partial charge in [-0.05, 0) is 60.7 Å². The van der Waals surface area contributed by atoms with Gasteiger partial charge in [-0.3, -0.25) is 0 Å². The topological polar surface area (TPSA) is 0 Å². The van der Waals surface area contributed by atoms with Crippen LogP contribution < -0.4 is 21.2 Å². The largest absolute Gasteiger partial charge is 2.00 e. The summed E-state index contributed by atoms with van der Waals surface area (Å²) in [6, 6.07) is 44.6. The van der Waals surface area contributed by atoms with Gasteiger partial charge in [-0.25, -0.2) is 0 Å². The molecule has 0 unspecified atom stereocenters. The molecular formula is C36H30P2PtS8. The van der Waals surface area contributed by atoms with E-state index in [9.17, 15) is 0 Å². The minimum Gasteiger partial charge on any atom is -0.774 e. The zero-order chi connectivity index (χ0) is 31.9. The van der Waals surface area contributed by atoms with Crippen LogP contribution in [0.1, 0.15) is 13.8 Å². The molecule has 0 bridgehead atoms. The average molecular weight is 976 g/mol. The van der Waals surface area contributed by atoms with E-state index < -0.39 is 15.8 Å². The first-order chi connectivity index (χ1) is 22.5. The van der Waals surface area contributed by atoms with Crippen molar-refractivity contribution in [1.82, 2.24) is 0 Å². The molecule has 0 radical (unpaired) electrons. The van der Waals surface area contributed by atoms with Crippen molar-refractivity contribution in [2.75, 3.05) is 11.5 Å². The fourth-order valence-corrected chi connectivity index (χ4v) is 20.0. The van der Waals surface area contributed by atoms with E-state index in [0.29, 0.717) is 0 Å². The van der Waals surface area contributed by atoms with E-state index in [1.54, 1.807) is 23.5 Å². The number of hydrogen-bond donors (Lipinski definition) is 0. The quantitative estimate of drug-likeness (QED) is 0.137. The molecule has 11 heteroatoms. The van der Waals surface area contributed by atoms with Gasteiger partial charge in [-0.15, -0.1) is 0 Å². The van der Waals surface area contributed by atoms with Gasteiger partial charge in [0, 0.05) is 20.8 Å². The number of benzene rings is 4. The minimum atomic E-state index is -0.696. The van der Waals surface area contributed by atoms with Crippen LogP contribution in [0.2, 0.25) is 0 Å². The normalized spacial score (nSPS) is 16.5. The molecule has 47 heavy (non-hydrogen) atoms. The van der Waals surface area contributed by atoms with E-state index in [1.165, 1.54) is 48.8 Å². The first-order valence-corrected chi connectivity index (χ1v) is 23.2. The molecule has 4 aromatic carbocycles. The Morgan fingerprint density at radius 3 is 1.00 bits per heavy atom. The molecule has 0 amide bonds. The van der Waals surface area contributed by atoms with E-state index in [2.05, 4.69) is 135 Å². The fourth-order valence-electron chi connectivity index (χ4n) is 4.64. The fraction of sp³-hybridized carbons (Fsp3) is 0.111. The van der Waals surface area contributed by atoms with Crippen LogP contribution >= 0.6 is 86.4 Å². The summed E-state index contributed by atoms with van der Waals surface area (Å²) in [5, 5.41) is 5.64. The van der Waals surface area contributed by atoms with Gasteiger partial charge in [0.05, 0.1) is 8.47 Å². The van der Waals surface area contributed by atoms with Crippen LogP contribution in [0.15, 0.2) is 157 Å². The van der Waals surface area contributed by atoms with E-state index in [1.807, 2.05) is 47.0 Å². The van der Waals surface area contributed by atoms with Crippen LogP contribution in [0.5, 0.6) is 0 Å². The Labute approximate surface area is 333 Å². The molecule has 0 saturated carbocycles. The van der Waals surface area contributed by atoms with Gasteiger partial charge in [-0.2, -0.15) is 32.0 Å². The third kappa shape index (κ3) is 9.84. The molecule has 0 nitrogen and oxygen atoms in total. The summed E-state index contributed by atoms with van der Waals surface area (Å²) in [5.74, 6) is 2.26. The van der Waals surface area contributed by atoms with Crippen LogP contribution in [0, 0.1) is 0 Å². The Morgan fingerprint density at radius 1 is 0.447 bits per heavy atom. The molecule has 0 fully saturated rings. The molecule has 7 rings (SSSR count). The summed E-state index contributed by atoms with van der Waals surface area (Å²) < 4.78 is 7.78. The standard InChI is InChI=1S/C32H26P2S4.C4H6S4.Pt/c1-23-24(2)36-31(35-23)32-37-29(33(25-15-7-3-8-16-25)26-17-9-4-10-18-26)30(38-32)34(27-19-11-5-12-20-27)28-21-13-6-14-22-28;5-3-4(6)8-2-1-7-3;/h3-22H,1-2H3;5-6H,1-2H2;/q;;+2/p-2. The third-order valence-electron chi connectivity index (χ3n) is 6.90. The summed E-state index contributed by atoms with van der Waals surface area (Å²) in [6.45, 7) is 4.50. The van der Waals surface area contributed by atoms with Crippen molar-refractivity contribution < 1.29 is 21.1 Å². The Balaban J connectivity index is 0.000000424. The number of rotatable bonds is 6. The van der Waals surface area contributed by atoms with E-state index in [0.717, 1.165) is 20.0 Å². The molecule has 242 valence electrons. The molecule has 0 aliphatic carbocycles. The monoisotopic (exact) mass is 975 g/mol. The predicted molar refractivity (Wildman–Crippen MR) is 228 cm³/mol. The molecule has 0 saturated heterocycles. The molecule has 4 aromatic rings. The van der Waals surface area contributed by atoms with Gasteiger partial charge < -0.3 is 25.3 Å². The van der Waals surface area contributed by atoms with Crippen LogP contribution in [0.3, 0.4) is 0 Å². The SMILES string of the molecule is CC1=C(C)SC(=C2SC(P(c3ccccc3)c3ccccc3)=C(P(c3ccccc3)c3ccccc3)S2)S1.[Pt+2].[S-]C1=C([S-])SCCS1. The van der Waals surface area contributed by atoms with Gasteiger partial charge in [0.2, 0.25) is 0 Å². The predicted octanol–water partition coefficient (Wildman–Crippen LogP) is 11.4.